The third-order valence-electron chi connectivity index (χ3n) is 2.29. The van der Waals surface area contributed by atoms with E-state index < -0.39 is 5.91 Å². The van der Waals surface area contributed by atoms with Crippen molar-refractivity contribution in [1.82, 2.24) is 5.32 Å². The van der Waals surface area contributed by atoms with Crippen molar-refractivity contribution < 1.29 is 9.53 Å². The highest BCUT2D eigenvalue weighted by molar-refractivity contribution is 6.30. The molecule has 0 unspecified atom stereocenters. The van der Waals surface area contributed by atoms with Crippen LogP contribution in [-0.4, -0.2) is 25.7 Å². The molecule has 0 radical (unpaired) electrons. The second kappa shape index (κ2) is 7.27. The van der Waals surface area contributed by atoms with Gasteiger partial charge in [-0.15, -0.1) is 0 Å². The summed E-state index contributed by atoms with van der Waals surface area (Å²) < 4.78 is 5.02. The number of hydrogen-bond acceptors (Lipinski definition) is 3. The van der Waals surface area contributed by atoms with Gasteiger partial charge in [-0.25, -0.2) is 0 Å². The molecule has 1 aromatic carbocycles. The van der Waals surface area contributed by atoms with Gasteiger partial charge in [-0.3, -0.25) is 4.79 Å². The van der Waals surface area contributed by atoms with Crippen molar-refractivity contribution in [1.29, 1.82) is 0 Å². The quantitative estimate of drug-likeness (QED) is 0.722. The zero-order chi connectivity index (χ0) is 12.7. The molecule has 0 heterocycles. The van der Waals surface area contributed by atoms with Gasteiger partial charge < -0.3 is 15.8 Å². The topological polar surface area (TPSA) is 64.3 Å². The molecule has 0 bridgehead atoms. The molecule has 0 fully saturated rings. The van der Waals surface area contributed by atoms with Crippen LogP contribution >= 0.6 is 11.6 Å². The van der Waals surface area contributed by atoms with Crippen LogP contribution in [-0.2, 0) is 16.1 Å². The van der Waals surface area contributed by atoms with Crippen LogP contribution in [0.25, 0.3) is 0 Å². The zero-order valence-electron chi connectivity index (χ0n) is 9.83. The summed E-state index contributed by atoms with van der Waals surface area (Å²) >= 11 is 5.86. The summed E-state index contributed by atoms with van der Waals surface area (Å²) in [6.45, 7) is 3.89. The van der Waals surface area contributed by atoms with Crippen LogP contribution in [0.3, 0.4) is 0 Å². The van der Waals surface area contributed by atoms with Crippen molar-refractivity contribution in [2.75, 3.05) is 19.8 Å². The Morgan fingerprint density at radius 3 is 2.94 bits per heavy atom. The number of primary amides is 1. The average molecular weight is 257 g/mol. The molecule has 1 rings (SSSR count). The largest absolute Gasteiger partial charge is 0.370 e. The third kappa shape index (κ3) is 5.68. The van der Waals surface area contributed by atoms with Crippen molar-refractivity contribution in [2.45, 2.75) is 13.5 Å². The molecular weight excluding hydrogens is 240 g/mol. The lowest BCUT2D eigenvalue weighted by molar-refractivity contribution is -0.122. The summed E-state index contributed by atoms with van der Waals surface area (Å²) in [6.07, 6.45) is 0. The summed E-state index contributed by atoms with van der Waals surface area (Å²) in [5.41, 5.74) is 7.29. The Morgan fingerprint density at radius 2 is 2.29 bits per heavy atom. The predicted molar refractivity (Wildman–Crippen MR) is 67.9 cm³/mol. The molecular formula is C12H17ClN2O2. The lowest BCUT2D eigenvalue weighted by atomic mass is 10.1. The molecule has 94 valence electrons. The number of rotatable bonds is 7. The van der Waals surface area contributed by atoms with Crippen molar-refractivity contribution in [3.8, 4) is 0 Å². The minimum Gasteiger partial charge on any atom is -0.370 e. The normalized spacial score (nSPS) is 10.5. The van der Waals surface area contributed by atoms with Gasteiger partial charge in [-0.1, -0.05) is 17.7 Å². The Hall–Kier alpha value is -1.10. The standard InChI is InChI=1S/C12H17ClN2O2/c1-9-6-11(13)3-2-10(9)7-15-4-5-17-8-12(14)16/h2-3,6,15H,4-5,7-8H2,1H3,(H2,14,16). The number of carbonyl (C=O) groups excluding carboxylic acids is 1. The summed E-state index contributed by atoms with van der Waals surface area (Å²) in [5, 5.41) is 3.96. The SMILES string of the molecule is Cc1cc(Cl)ccc1CNCCOCC(N)=O. The fourth-order valence-electron chi connectivity index (χ4n) is 1.40. The van der Waals surface area contributed by atoms with E-state index in [-0.39, 0.29) is 6.61 Å². The second-order valence-corrected chi connectivity index (χ2v) is 4.20. The second-order valence-electron chi connectivity index (χ2n) is 3.77. The molecule has 3 N–H and O–H groups in total. The summed E-state index contributed by atoms with van der Waals surface area (Å²) in [6, 6.07) is 5.80. The Kier molecular flexibility index (Phi) is 5.97. The minimum atomic E-state index is -0.446. The predicted octanol–water partition coefficient (Wildman–Crippen LogP) is 1.24. The first-order valence-corrected chi connectivity index (χ1v) is 5.79. The number of hydrogen-bond donors (Lipinski definition) is 2. The van der Waals surface area contributed by atoms with Crippen LogP contribution in [0.5, 0.6) is 0 Å². The first-order chi connectivity index (χ1) is 8.09. The van der Waals surface area contributed by atoms with E-state index in [0.29, 0.717) is 13.2 Å². The maximum absolute atomic E-state index is 10.4. The Bertz CT molecular complexity index is 383. The Balaban J connectivity index is 2.20. The summed E-state index contributed by atoms with van der Waals surface area (Å²) in [7, 11) is 0. The molecule has 0 atom stereocenters. The molecule has 17 heavy (non-hydrogen) atoms. The number of nitrogens with one attached hydrogen (secondary N) is 1. The molecule has 0 saturated carbocycles. The molecule has 1 amide bonds. The van der Waals surface area contributed by atoms with E-state index in [2.05, 4.69) is 5.32 Å². The highest BCUT2D eigenvalue weighted by atomic mass is 35.5. The van der Waals surface area contributed by atoms with Crippen LogP contribution in [0.2, 0.25) is 5.02 Å². The van der Waals surface area contributed by atoms with Crippen LogP contribution in [0.4, 0.5) is 0 Å². The van der Waals surface area contributed by atoms with E-state index in [1.165, 1.54) is 5.56 Å². The van der Waals surface area contributed by atoms with E-state index in [1.54, 1.807) is 0 Å². The van der Waals surface area contributed by atoms with E-state index >= 15 is 0 Å². The van der Waals surface area contributed by atoms with E-state index in [9.17, 15) is 4.79 Å². The molecule has 0 aliphatic heterocycles. The van der Waals surface area contributed by atoms with Gasteiger partial charge in [0.05, 0.1) is 6.61 Å². The molecule has 5 heteroatoms. The first kappa shape index (κ1) is 14.0. The fourth-order valence-corrected chi connectivity index (χ4v) is 1.62. The van der Waals surface area contributed by atoms with Gasteiger partial charge in [0.1, 0.15) is 6.61 Å². The van der Waals surface area contributed by atoms with Crippen molar-refractivity contribution in [3.05, 3.63) is 34.3 Å². The van der Waals surface area contributed by atoms with Gasteiger partial charge in [-0.2, -0.15) is 0 Å². The number of benzene rings is 1. The van der Waals surface area contributed by atoms with Crippen LogP contribution in [0.1, 0.15) is 11.1 Å². The van der Waals surface area contributed by atoms with Gasteiger partial charge >= 0.3 is 0 Å². The van der Waals surface area contributed by atoms with E-state index in [0.717, 1.165) is 17.1 Å². The smallest absolute Gasteiger partial charge is 0.243 e. The monoisotopic (exact) mass is 256 g/mol. The maximum atomic E-state index is 10.4. The van der Waals surface area contributed by atoms with Gasteiger partial charge in [0, 0.05) is 18.1 Å². The number of nitrogens with two attached hydrogens (primary N) is 1. The van der Waals surface area contributed by atoms with Gasteiger partial charge in [0.2, 0.25) is 5.91 Å². The Morgan fingerprint density at radius 1 is 1.53 bits per heavy atom. The number of carbonyl (C=O) groups is 1. The lowest BCUT2D eigenvalue weighted by Gasteiger charge is -2.08. The first-order valence-electron chi connectivity index (χ1n) is 5.41. The molecule has 4 nitrogen and oxygen atoms in total. The number of amides is 1. The number of aryl methyl sites for hydroxylation is 1. The molecule has 0 aliphatic rings. The molecule has 0 aromatic heterocycles. The molecule has 0 saturated heterocycles. The maximum Gasteiger partial charge on any atom is 0.243 e. The highest BCUT2D eigenvalue weighted by Gasteiger charge is 1.99. The van der Waals surface area contributed by atoms with E-state index in [4.69, 9.17) is 22.1 Å². The number of halogens is 1. The van der Waals surface area contributed by atoms with Crippen molar-refractivity contribution in [3.63, 3.8) is 0 Å². The molecule has 0 aliphatic carbocycles. The number of ether oxygens (including phenoxy) is 1. The van der Waals surface area contributed by atoms with Gasteiger partial charge in [-0.05, 0) is 30.2 Å². The average Bonchev–Trinajstić information content (AvgIpc) is 2.25. The van der Waals surface area contributed by atoms with Crippen LogP contribution in [0, 0.1) is 6.92 Å². The minimum absolute atomic E-state index is 0.0261. The summed E-state index contributed by atoms with van der Waals surface area (Å²) in [5.74, 6) is -0.446. The lowest BCUT2D eigenvalue weighted by Crippen LogP contribution is -2.24. The van der Waals surface area contributed by atoms with Crippen molar-refractivity contribution in [2.24, 2.45) is 5.73 Å². The zero-order valence-corrected chi connectivity index (χ0v) is 10.6. The van der Waals surface area contributed by atoms with E-state index in [1.807, 2.05) is 25.1 Å². The van der Waals surface area contributed by atoms with Gasteiger partial charge in [0.15, 0.2) is 0 Å². The van der Waals surface area contributed by atoms with Crippen LogP contribution < -0.4 is 11.1 Å². The Labute approximate surface area is 106 Å². The third-order valence-corrected chi connectivity index (χ3v) is 2.52. The van der Waals surface area contributed by atoms with Crippen LogP contribution in [0.15, 0.2) is 18.2 Å². The molecule has 0 spiro atoms. The van der Waals surface area contributed by atoms with Crippen molar-refractivity contribution >= 4 is 17.5 Å². The highest BCUT2D eigenvalue weighted by Crippen LogP contribution is 2.14. The van der Waals surface area contributed by atoms with Gasteiger partial charge in [0.25, 0.3) is 0 Å². The molecule has 1 aromatic rings. The fraction of sp³-hybridized carbons (Fsp3) is 0.417. The summed E-state index contributed by atoms with van der Waals surface area (Å²) in [4.78, 5) is 10.4.